The maximum Gasteiger partial charge on any atom is 0.0594 e. The van der Waals surface area contributed by atoms with Gasteiger partial charge in [0.1, 0.15) is 0 Å². The van der Waals surface area contributed by atoms with E-state index in [-0.39, 0.29) is 12.1 Å². The molecule has 1 heterocycles. The molecule has 2 N–H and O–H groups in total. The first kappa shape index (κ1) is 17.2. The number of rotatable bonds is 6. The van der Waals surface area contributed by atoms with Crippen LogP contribution in [-0.2, 0) is 6.54 Å². The molecule has 1 aromatic carbocycles. The number of benzene rings is 1. The highest BCUT2D eigenvalue weighted by Crippen LogP contribution is 2.32. The second-order valence-corrected chi connectivity index (χ2v) is 8.00. The van der Waals surface area contributed by atoms with Gasteiger partial charge in [-0.15, -0.1) is 11.3 Å². The van der Waals surface area contributed by atoms with Crippen molar-refractivity contribution >= 4 is 43.2 Å². The normalized spacial score (nSPS) is 14.4. The molecule has 2 rings (SSSR count). The summed E-state index contributed by atoms with van der Waals surface area (Å²) in [5.74, 6) is 0. The molecule has 0 bridgehead atoms. The molecule has 114 valence electrons. The molecular weight excluding hydrogens is 412 g/mol. The third-order valence-corrected chi connectivity index (χ3v) is 5.87. The number of nitrogens with zero attached hydrogens (tertiary/aromatic N) is 1. The van der Waals surface area contributed by atoms with Gasteiger partial charge in [-0.3, -0.25) is 4.90 Å². The molecule has 5 heteroatoms. The van der Waals surface area contributed by atoms with Crippen LogP contribution in [0.4, 0.5) is 0 Å². The maximum atomic E-state index is 6.38. The predicted molar refractivity (Wildman–Crippen MR) is 98.6 cm³/mol. The summed E-state index contributed by atoms with van der Waals surface area (Å²) in [6.07, 6.45) is 0.963. The average Bonchev–Trinajstić information content (AvgIpc) is 2.87. The van der Waals surface area contributed by atoms with E-state index >= 15 is 0 Å². The molecule has 1 aromatic heterocycles. The van der Waals surface area contributed by atoms with Crippen LogP contribution in [0.5, 0.6) is 0 Å². The second-order valence-electron chi connectivity index (χ2n) is 5.23. The highest BCUT2D eigenvalue weighted by Gasteiger charge is 2.24. The molecule has 0 saturated heterocycles. The summed E-state index contributed by atoms with van der Waals surface area (Å²) < 4.78 is 2.24. The molecule has 0 spiro atoms. The lowest BCUT2D eigenvalue weighted by molar-refractivity contribution is 0.205. The van der Waals surface area contributed by atoms with Gasteiger partial charge in [0.25, 0.3) is 0 Å². The second kappa shape index (κ2) is 7.88. The Hall–Kier alpha value is -0.200. The smallest absolute Gasteiger partial charge is 0.0594 e. The quantitative estimate of drug-likeness (QED) is 0.682. The summed E-state index contributed by atoms with van der Waals surface area (Å²) in [4.78, 5) is 3.66. The summed E-state index contributed by atoms with van der Waals surface area (Å²) >= 11 is 8.79. The molecule has 0 saturated carbocycles. The minimum Gasteiger partial charge on any atom is -0.326 e. The van der Waals surface area contributed by atoms with Gasteiger partial charge in [-0.05, 0) is 53.2 Å². The van der Waals surface area contributed by atoms with Gasteiger partial charge in [0.15, 0.2) is 0 Å². The Morgan fingerprint density at radius 2 is 1.86 bits per heavy atom. The molecule has 0 radical (unpaired) electrons. The molecule has 21 heavy (non-hydrogen) atoms. The molecule has 0 aliphatic heterocycles. The van der Waals surface area contributed by atoms with Crippen molar-refractivity contribution in [1.82, 2.24) is 4.90 Å². The van der Waals surface area contributed by atoms with Crippen LogP contribution in [-0.4, -0.2) is 18.0 Å². The van der Waals surface area contributed by atoms with Gasteiger partial charge in [0.2, 0.25) is 0 Å². The third kappa shape index (κ3) is 4.63. The van der Waals surface area contributed by atoms with Crippen molar-refractivity contribution in [3.05, 3.63) is 55.1 Å². The van der Waals surface area contributed by atoms with E-state index in [0.717, 1.165) is 21.9 Å². The third-order valence-electron chi connectivity index (χ3n) is 3.58. The van der Waals surface area contributed by atoms with Gasteiger partial charge in [0, 0.05) is 31.8 Å². The largest absolute Gasteiger partial charge is 0.326 e. The van der Waals surface area contributed by atoms with Crippen molar-refractivity contribution in [2.24, 2.45) is 5.73 Å². The highest BCUT2D eigenvalue weighted by atomic mass is 79.9. The fourth-order valence-electron chi connectivity index (χ4n) is 2.44. The molecule has 2 atom stereocenters. The maximum absolute atomic E-state index is 6.38. The van der Waals surface area contributed by atoms with Crippen LogP contribution in [0.1, 0.15) is 29.8 Å². The average molecular weight is 432 g/mol. The summed E-state index contributed by atoms with van der Waals surface area (Å²) in [5, 5.41) is 2.12. The Kier molecular flexibility index (Phi) is 6.44. The number of nitrogens with two attached hydrogens (primary N) is 1. The van der Waals surface area contributed by atoms with Crippen molar-refractivity contribution in [2.75, 3.05) is 7.05 Å². The lowest BCUT2D eigenvalue weighted by Crippen LogP contribution is -2.38. The Morgan fingerprint density at radius 3 is 2.38 bits per heavy atom. The first-order valence-electron chi connectivity index (χ1n) is 6.95. The molecule has 0 aliphatic carbocycles. The number of halogens is 2. The van der Waals surface area contributed by atoms with Crippen LogP contribution in [0.25, 0.3) is 0 Å². The highest BCUT2D eigenvalue weighted by molar-refractivity contribution is 9.10. The van der Waals surface area contributed by atoms with E-state index in [9.17, 15) is 0 Å². The summed E-state index contributed by atoms with van der Waals surface area (Å²) in [5.41, 5.74) is 7.68. The molecule has 2 aromatic rings. The zero-order valence-electron chi connectivity index (χ0n) is 12.2. The number of likely N-dealkylation sites (N-methyl/N-ethyl adjacent to an activating group) is 1. The van der Waals surface area contributed by atoms with Crippen molar-refractivity contribution in [1.29, 1.82) is 0 Å². The minimum atomic E-state index is 0.135. The number of thiophene rings is 1. The van der Waals surface area contributed by atoms with Gasteiger partial charge in [0.05, 0.1) is 6.04 Å². The summed E-state index contributed by atoms with van der Waals surface area (Å²) in [7, 11) is 2.15. The van der Waals surface area contributed by atoms with Crippen LogP contribution in [0.3, 0.4) is 0 Å². The van der Waals surface area contributed by atoms with Crippen molar-refractivity contribution in [3.8, 4) is 0 Å². The van der Waals surface area contributed by atoms with Crippen LogP contribution < -0.4 is 5.73 Å². The fraction of sp³-hybridized carbons (Fsp3) is 0.375. The molecule has 2 nitrogen and oxygen atoms in total. The van der Waals surface area contributed by atoms with Crippen LogP contribution in [0.15, 0.2) is 44.7 Å². The molecule has 2 unspecified atom stereocenters. The summed E-state index contributed by atoms with van der Waals surface area (Å²) in [6.45, 7) is 3.04. The van der Waals surface area contributed by atoms with Crippen LogP contribution in [0.2, 0.25) is 0 Å². The Bertz CT molecular complexity index is 568. The first-order chi connectivity index (χ1) is 10.0. The van der Waals surface area contributed by atoms with E-state index in [0.29, 0.717) is 0 Å². The van der Waals surface area contributed by atoms with Gasteiger partial charge >= 0.3 is 0 Å². The fourth-order valence-corrected chi connectivity index (χ4v) is 4.39. The van der Waals surface area contributed by atoms with E-state index in [1.807, 2.05) is 0 Å². The number of hydrogen-bond donors (Lipinski definition) is 1. The van der Waals surface area contributed by atoms with Crippen molar-refractivity contribution < 1.29 is 0 Å². The summed E-state index contributed by atoms with van der Waals surface area (Å²) in [6, 6.07) is 11.0. The van der Waals surface area contributed by atoms with Crippen LogP contribution >= 0.6 is 43.2 Å². The topological polar surface area (TPSA) is 29.3 Å². The van der Waals surface area contributed by atoms with Crippen molar-refractivity contribution in [3.63, 3.8) is 0 Å². The van der Waals surface area contributed by atoms with Gasteiger partial charge in [-0.2, -0.15) is 0 Å². The molecular formula is C16H20Br2N2S. The van der Waals surface area contributed by atoms with Crippen molar-refractivity contribution in [2.45, 2.75) is 32.0 Å². The van der Waals surface area contributed by atoms with E-state index in [1.165, 1.54) is 10.4 Å². The minimum absolute atomic E-state index is 0.135. The Balaban J connectivity index is 2.18. The molecule has 0 fully saturated rings. The van der Waals surface area contributed by atoms with Crippen LogP contribution in [0, 0.1) is 0 Å². The van der Waals surface area contributed by atoms with Gasteiger partial charge in [-0.25, -0.2) is 0 Å². The Morgan fingerprint density at radius 1 is 1.19 bits per heavy atom. The SMILES string of the molecule is CCC(N)C(c1cc(Br)cs1)N(C)Cc1ccc(Br)cc1. The zero-order chi connectivity index (χ0) is 15.4. The molecule has 0 aliphatic rings. The zero-order valence-corrected chi connectivity index (χ0v) is 16.2. The van der Waals surface area contributed by atoms with E-state index in [4.69, 9.17) is 5.73 Å². The van der Waals surface area contributed by atoms with E-state index in [1.54, 1.807) is 11.3 Å². The Labute approximate surface area is 147 Å². The standard InChI is InChI=1S/C16H20Br2N2S/c1-3-14(19)16(15-8-13(18)10-21-15)20(2)9-11-4-6-12(17)7-5-11/h4-8,10,14,16H,3,9,19H2,1-2H3. The lowest BCUT2D eigenvalue weighted by Gasteiger charge is -2.31. The predicted octanol–water partition coefficient (Wildman–Crippen LogP) is 5.18. The molecule has 0 amide bonds. The van der Waals surface area contributed by atoms with E-state index in [2.05, 4.69) is 86.4 Å². The van der Waals surface area contributed by atoms with Gasteiger partial charge in [-0.1, -0.05) is 35.0 Å². The monoisotopic (exact) mass is 430 g/mol. The number of hydrogen-bond acceptors (Lipinski definition) is 3. The lowest BCUT2D eigenvalue weighted by atomic mass is 10.0. The first-order valence-corrected chi connectivity index (χ1v) is 9.42. The van der Waals surface area contributed by atoms with E-state index < -0.39 is 0 Å². The van der Waals surface area contributed by atoms with Gasteiger partial charge < -0.3 is 5.73 Å².